The summed E-state index contributed by atoms with van der Waals surface area (Å²) in [5.74, 6) is -0.223. The van der Waals surface area contributed by atoms with Gasteiger partial charge in [-0.15, -0.1) is 11.3 Å². The van der Waals surface area contributed by atoms with Crippen LogP contribution in [-0.4, -0.2) is 20.4 Å². The summed E-state index contributed by atoms with van der Waals surface area (Å²) in [6.07, 6.45) is 1.43. The minimum atomic E-state index is -0.635. The molecule has 0 aliphatic rings. The Balaban J connectivity index is 1.79. The predicted molar refractivity (Wildman–Crippen MR) is 94.1 cm³/mol. The number of rotatable bonds is 4. The predicted octanol–water partition coefficient (Wildman–Crippen LogP) is 2.35. The molecule has 2 aromatic heterocycles. The summed E-state index contributed by atoms with van der Waals surface area (Å²) in [4.78, 5) is 34.6. The number of nitrogens with one attached hydrogen (secondary N) is 1. The number of benzene rings is 1. The van der Waals surface area contributed by atoms with E-state index in [0.717, 1.165) is 15.6 Å². The largest absolute Gasteiger partial charge is 0.349 e. The lowest BCUT2D eigenvalue weighted by atomic mass is 10.2. The van der Waals surface area contributed by atoms with E-state index in [9.17, 15) is 9.59 Å². The third kappa shape index (κ3) is 3.07. The van der Waals surface area contributed by atoms with Crippen LogP contribution in [0.1, 0.15) is 28.5 Å². The number of carbonyl (C=O) groups is 1. The van der Waals surface area contributed by atoms with Gasteiger partial charge in [-0.1, -0.05) is 12.1 Å². The molecule has 3 rings (SSSR count). The van der Waals surface area contributed by atoms with Crippen LogP contribution < -0.4 is 10.9 Å². The molecular formula is C17H18N4O2S. The number of carbonyl (C=O) groups excluding carboxylic acids is 1. The van der Waals surface area contributed by atoms with E-state index in [-0.39, 0.29) is 11.5 Å². The number of aryl methyl sites for hydroxylation is 2. The van der Waals surface area contributed by atoms with E-state index in [1.165, 1.54) is 10.9 Å². The first kappa shape index (κ1) is 16.3. The number of fused-ring (bicyclic) bond motifs is 1. The number of para-hydroxylation sites is 1. The van der Waals surface area contributed by atoms with Crippen molar-refractivity contribution in [2.75, 3.05) is 0 Å². The van der Waals surface area contributed by atoms with Crippen LogP contribution in [0.5, 0.6) is 0 Å². The zero-order chi connectivity index (χ0) is 17.3. The number of hydrogen-bond acceptors (Lipinski definition) is 5. The van der Waals surface area contributed by atoms with Crippen LogP contribution in [0.25, 0.3) is 10.9 Å². The van der Waals surface area contributed by atoms with Gasteiger partial charge < -0.3 is 5.32 Å². The number of amides is 1. The molecule has 0 radical (unpaired) electrons. The highest BCUT2D eigenvalue weighted by atomic mass is 32.1. The van der Waals surface area contributed by atoms with E-state index in [1.54, 1.807) is 36.5 Å². The van der Waals surface area contributed by atoms with E-state index in [1.807, 2.05) is 19.9 Å². The first-order valence-corrected chi connectivity index (χ1v) is 8.45. The third-order valence-corrected chi connectivity index (χ3v) is 4.98. The smallest absolute Gasteiger partial charge is 0.261 e. The van der Waals surface area contributed by atoms with E-state index in [2.05, 4.69) is 15.3 Å². The molecule has 3 aromatic rings. The summed E-state index contributed by atoms with van der Waals surface area (Å²) in [5.41, 5.74) is 1.34. The third-order valence-electron chi connectivity index (χ3n) is 3.91. The summed E-state index contributed by atoms with van der Waals surface area (Å²) >= 11 is 1.56. The van der Waals surface area contributed by atoms with E-state index in [0.29, 0.717) is 17.4 Å². The highest BCUT2D eigenvalue weighted by molar-refractivity contribution is 7.11. The maximum Gasteiger partial charge on any atom is 0.261 e. The van der Waals surface area contributed by atoms with Gasteiger partial charge in [-0.2, -0.15) is 0 Å². The topological polar surface area (TPSA) is 76.9 Å². The van der Waals surface area contributed by atoms with Crippen molar-refractivity contribution < 1.29 is 4.79 Å². The molecule has 0 bridgehead atoms. The van der Waals surface area contributed by atoms with Crippen molar-refractivity contribution in [1.82, 2.24) is 19.9 Å². The zero-order valence-corrected chi connectivity index (χ0v) is 14.6. The van der Waals surface area contributed by atoms with Crippen LogP contribution in [0.4, 0.5) is 0 Å². The number of hydrogen-bond donors (Lipinski definition) is 1. The van der Waals surface area contributed by atoms with E-state index < -0.39 is 6.04 Å². The Morgan fingerprint density at radius 3 is 2.79 bits per heavy atom. The maximum absolute atomic E-state index is 12.5. The van der Waals surface area contributed by atoms with Gasteiger partial charge in [0, 0.05) is 4.88 Å². The Labute approximate surface area is 143 Å². The monoisotopic (exact) mass is 342 g/mol. The van der Waals surface area contributed by atoms with Gasteiger partial charge in [0.15, 0.2) is 0 Å². The average molecular weight is 342 g/mol. The molecule has 0 aliphatic heterocycles. The van der Waals surface area contributed by atoms with Gasteiger partial charge in [0.1, 0.15) is 6.04 Å². The van der Waals surface area contributed by atoms with Crippen LogP contribution in [0.15, 0.2) is 35.4 Å². The lowest BCUT2D eigenvalue weighted by Gasteiger charge is -2.15. The molecule has 6 nitrogen and oxygen atoms in total. The maximum atomic E-state index is 12.5. The van der Waals surface area contributed by atoms with Gasteiger partial charge in [0.05, 0.1) is 34.5 Å². The van der Waals surface area contributed by atoms with Crippen molar-refractivity contribution in [3.05, 3.63) is 56.5 Å². The van der Waals surface area contributed by atoms with Gasteiger partial charge in [-0.3, -0.25) is 14.2 Å². The molecule has 7 heteroatoms. The zero-order valence-electron chi connectivity index (χ0n) is 13.7. The van der Waals surface area contributed by atoms with Gasteiger partial charge >= 0.3 is 0 Å². The average Bonchev–Trinajstić information content (AvgIpc) is 2.90. The Bertz CT molecular complexity index is 961. The molecule has 0 saturated heterocycles. The van der Waals surface area contributed by atoms with Crippen LogP contribution in [0.3, 0.4) is 0 Å². The Hall–Kier alpha value is -2.54. The lowest BCUT2D eigenvalue weighted by Crippen LogP contribution is -2.35. The molecule has 0 unspecified atom stereocenters. The summed E-state index contributed by atoms with van der Waals surface area (Å²) in [6, 6.07) is 6.48. The second kappa shape index (κ2) is 6.52. The molecule has 1 aromatic carbocycles. The quantitative estimate of drug-likeness (QED) is 0.789. The number of aromatic nitrogens is 3. The van der Waals surface area contributed by atoms with Crippen LogP contribution in [-0.2, 0) is 11.3 Å². The van der Waals surface area contributed by atoms with Crippen molar-refractivity contribution >= 4 is 28.1 Å². The molecule has 124 valence electrons. The van der Waals surface area contributed by atoms with Crippen molar-refractivity contribution in [3.8, 4) is 0 Å². The van der Waals surface area contributed by atoms with Gasteiger partial charge in [0.25, 0.3) is 5.56 Å². The minimum absolute atomic E-state index is 0.215. The van der Waals surface area contributed by atoms with Crippen molar-refractivity contribution in [1.29, 1.82) is 0 Å². The van der Waals surface area contributed by atoms with Gasteiger partial charge in [-0.25, -0.2) is 9.97 Å². The Morgan fingerprint density at radius 2 is 2.08 bits per heavy atom. The fourth-order valence-electron chi connectivity index (χ4n) is 2.54. The van der Waals surface area contributed by atoms with Gasteiger partial charge in [-0.05, 0) is 32.9 Å². The molecular weight excluding hydrogens is 324 g/mol. The molecule has 0 fully saturated rings. The fraction of sp³-hybridized carbons (Fsp3) is 0.294. The molecule has 0 aliphatic carbocycles. The fourth-order valence-corrected chi connectivity index (χ4v) is 3.41. The van der Waals surface area contributed by atoms with Crippen molar-refractivity contribution in [2.45, 2.75) is 33.4 Å². The minimum Gasteiger partial charge on any atom is -0.349 e. The van der Waals surface area contributed by atoms with Crippen LogP contribution >= 0.6 is 11.3 Å². The van der Waals surface area contributed by atoms with E-state index >= 15 is 0 Å². The summed E-state index contributed by atoms with van der Waals surface area (Å²) in [6.45, 7) is 5.96. The number of thiazole rings is 1. The summed E-state index contributed by atoms with van der Waals surface area (Å²) < 4.78 is 1.36. The highest BCUT2D eigenvalue weighted by Gasteiger charge is 2.18. The molecule has 24 heavy (non-hydrogen) atoms. The number of nitrogens with zero attached hydrogens (tertiary/aromatic N) is 3. The standard InChI is InChI=1S/C17H18N4O2S/c1-10-15(24-12(3)20-10)8-18-16(22)11(2)21-9-19-14-7-5-4-6-13(14)17(21)23/h4-7,9,11H,8H2,1-3H3,(H,18,22)/t11-/m0/s1. The normalized spacial score (nSPS) is 12.3. The summed E-state index contributed by atoms with van der Waals surface area (Å²) in [7, 11) is 0. The van der Waals surface area contributed by atoms with Crippen molar-refractivity contribution in [2.24, 2.45) is 0 Å². The SMILES string of the molecule is Cc1nc(C)c(CNC(=O)[C@H](C)n2cnc3ccccc3c2=O)s1. The lowest BCUT2D eigenvalue weighted by molar-refractivity contribution is -0.124. The molecule has 0 saturated carbocycles. The second-order valence-electron chi connectivity index (χ2n) is 5.61. The second-order valence-corrected chi connectivity index (χ2v) is 6.90. The Kier molecular flexibility index (Phi) is 4.44. The molecule has 1 amide bonds. The summed E-state index contributed by atoms with van der Waals surface area (Å²) in [5, 5.41) is 4.35. The van der Waals surface area contributed by atoms with Gasteiger partial charge in [0.2, 0.25) is 5.91 Å². The van der Waals surface area contributed by atoms with Crippen LogP contribution in [0, 0.1) is 13.8 Å². The first-order chi connectivity index (χ1) is 11.5. The first-order valence-electron chi connectivity index (χ1n) is 7.64. The van der Waals surface area contributed by atoms with Crippen molar-refractivity contribution in [3.63, 3.8) is 0 Å². The molecule has 0 spiro atoms. The molecule has 1 N–H and O–H groups in total. The molecule has 1 atom stereocenters. The molecule has 2 heterocycles. The Morgan fingerprint density at radius 1 is 1.33 bits per heavy atom. The van der Waals surface area contributed by atoms with E-state index in [4.69, 9.17) is 0 Å². The van der Waals surface area contributed by atoms with Crippen LogP contribution in [0.2, 0.25) is 0 Å². The highest BCUT2D eigenvalue weighted by Crippen LogP contribution is 2.17.